The lowest BCUT2D eigenvalue weighted by Gasteiger charge is -2.35. The van der Waals surface area contributed by atoms with Crippen LogP contribution in [-0.2, 0) is 0 Å². The van der Waals surface area contributed by atoms with E-state index in [4.69, 9.17) is 5.73 Å². The fraction of sp³-hybridized carbons (Fsp3) is 0.692. The van der Waals surface area contributed by atoms with Crippen molar-refractivity contribution in [1.82, 2.24) is 9.88 Å². The smallest absolute Gasteiger partial charge is 0.191 e. The average molecular weight is 441 g/mol. The second-order valence-corrected chi connectivity index (χ2v) is 7.81. The predicted molar refractivity (Wildman–Crippen MR) is 105 cm³/mol. The van der Waals surface area contributed by atoms with Crippen LogP contribution in [0.5, 0.6) is 0 Å². The van der Waals surface area contributed by atoms with Crippen LogP contribution in [-0.4, -0.2) is 59.6 Å². The van der Waals surface area contributed by atoms with Gasteiger partial charge in [-0.1, -0.05) is 0 Å². The number of thiazole rings is 1. The SMILES string of the molecule is CSC(C)(C)CN=C(N)N1CCN(c2nccs2)CC1.I. The average Bonchev–Trinajstić information content (AvgIpc) is 2.99. The van der Waals surface area contributed by atoms with E-state index in [0.717, 1.165) is 37.9 Å². The van der Waals surface area contributed by atoms with Crippen LogP contribution in [0.2, 0.25) is 0 Å². The van der Waals surface area contributed by atoms with Gasteiger partial charge in [-0.2, -0.15) is 11.8 Å². The number of aliphatic imine (C=N–C) groups is 1. The Bertz CT molecular complexity index is 441. The zero-order valence-electron chi connectivity index (χ0n) is 12.8. The van der Waals surface area contributed by atoms with Crippen LogP contribution in [0.15, 0.2) is 16.6 Å². The van der Waals surface area contributed by atoms with Crippen molar-refractivity contribution in [3.63, 3.8) is 0 Å². The summed E-state index contributed by atoms with van der Waals surface area (Å²) in [4.78, 5) is 13.4. The van der Waals surface area contributed by atoms with Crippen LogP contribution < -0.4 is 10.6 Å². The standard InChI is InChI=1S/C13H23N5S2.HI/c1-13(2,19-3)10-16-11(14)17-5-7-18(8-6-17)12-15-4-9-20-12;/h4,9H,5-8,10H2,1-3H3,(H2,14,16);1H. The van der Waals surface area contributed by atoms with E-state index in [9.17, 15) is 0 Å². The molecule has 0 aromatic carbocycles. The zero-order chi connectivity index (χ0) is 14.6. The van der Waals surface area contributed by atoms with E-state index in [-0.39, 0.29) is 28.7 Å². The highest BCUT2D eigenvalue weighted by molar-refractivity contribution is 14.0. The number of guanidine groups is 1. The van der Waals surface area contributed by atoms with E-state index in [2.05, 4.69) is 39.9 Å². The topological polar surface area (TPSA) is 57.8 Å². The van der Waals surface area contributed by atoms with Gasteiger partial charge in [-0.3, -0.25) is 4.99 Å². The molecule has 5 nitrogen and oxygen atoms in total. The third-order valence-electron chi connectivity index (χ3n) is 3.47. The predicted octanol–water partition coefficient (Wildman–Crippen LogP) is 2.34. The first kappa shape index (κ1) is 18.8. The molecule has 1 aliphatic rings. The van der Waals surface area contributed by atoms with Gasteiger partial charge >= 0.3 is 0 Å². The number of rotatable bonds is 4. The molecule has 1 aromatic rings. The van der Waals surface area contributed by atoms with Crippen LogP contribution in [0, 0.1) is 0 Å². The molecule has 0 radical (unpaired) electrons. The molecule has 0 amide bonds. The molecule has 2 N–H and O–H groups in total. The minimum Gasteiger partial charge on any atom is -0.370 e. The van der Waals surface area contributed by atoms with Gasteiger partial charge in [0.05, 0.1) is 6.54 Å². The molecule has 0 spiro atoms. The van der Waals surface area contributed by atoms with Crippen molar-refractivity contribution < 1.29 is 0 Å². The molecule has 0 unspecified atom stereocenters. The Morgan fingerprint density at radius 1 is 1.43 bits per heavy atom. The number of thioether (sulfide) groups is 1. The summed E-state index contributed by atoms with van der Waals surface area (Å²) in [5, 5.41) is 3.12. The lowest BCUT2D eigenvalue weighted by Crippen LogP contribution is -2.51. The van der Waals surface area contributed by atoms with Crippen LogP contribution in [0.3, 0.4) is 0 Å². The number of hydrogen-bond donors (Lipinski definition) is 1. The number of nitrogens with two attached hydrogens (primary N) is 1. The first-order valence-corrected chi connectivity index (χ1v) is 8.87. The minimum atomic E-state index is 0. The summed E-state index contributed by atoms with van der Waals surface area (Å²) in [7, 11) is 0. The Kier molecular flexibility index (Phi) is 7.55. The molecule has 21 heavy (non-hydrogen) atoms. The van der Waals surface area contributed by atoms with Gasteiger partial charge in [0.15, 0.2) is 11.1 Å². The summed E-state index contributed by atoms with van der Waals surface area (Å²) in [6.45, 7) is 8.87. The molecule has 1 fully saturated rings. The molecule has 1 aromatic heterocycles. The van der Waals surface area contributed by atoms with Crippen LogP contribution >= 0.6 is 47.1 Å². The maximum absolute atomic E-state index is 6.11. The van der Waals surface area contributed by atoms with E-state index in [1.807, 2.05) is 23.3 Å². The van der Waals surface area contributed by atoms with Crippen molar-refractivity contribution in [2.45, 2.75) is 18.6 Å². The summed E-state index contributed by atoms with van der Waals surface area (Å²) in [6, 6.07) is 0. The summed E-state index contributed by atoms with van der Waals surface area (Å²) in [5.74, 6) is 0.672. The van der Waals surface area contributed by atoms with Crippen LogP contribution in [0.4, 0.5) is 5.13 Å². The second-order valence-electron chi connectivity index (χ2n) is 5.43. The van der Waals surface area contributed by atoms with Gasteiger partial charge in [0, 0.05) is 42.5 Å². The summed E-state index contributed by atoms with van der Waals surface area (Å²) < 4.78 is 0.146. The number of halogens is 1. The second kappa shape index (κ2) is 8.42. The van der Waals surface area contributed by atoms with Crippen molar-refractivity contribution in [1.29, 1.82) is 0 Å². The molecule has 1 saturated heterocycles. The summed E-state index contributed by atoms with van der Waals surface area (Å²) in [5.41, 5.74) is 6.11. The molecule has 0 bridgehead atoms. The highest BCUT2D eigenvalue weighted by Gasteiger charge is 2.21. The van der Waals surface area contributed by atoms with Crippen molar-refractivity contribution in [2.75, 3.05) is 43.9 Å². The van der Waals surface area contributed by atoms with Gasteiger partial charge in [0.1, 0.15) is 0 Å². The molecular weight excluding hydrogens is 417 g/mol. The number of hydrogen-bond acceptors (Lipinski definition) is 5. The molecule has 0 aliphatic carbocycles. The third-order valence-corrected chi connectivity index (χ3v) is 5.53. The monoisotopic (exact) mass is 441 g/mol. The number of aromatic nitrogens is 1. The van der Waals surface area contributed by atoms with Crippen molar-refractivity contribution in [3.05, 3.63) is 11.6 Å². The lowest BCUT2D eigenvalue weighted by atomic mass is 10.2. The van der Waals surface area contributed by atoms with E-state index in [1.165, 1.54) is 0 Å². The van der Waals surface area contributed by atoms with Gasteiger partial charge in [-0.25, -0.2) is 4.98 Å². The van der Waals surface area contributed by atoms with Gasteiger partial charge in [0.2, 0.25) is 0 Å². The Balaban J connectivity index is 0.00000220. The Morgan fingerprint density at radius 3 is 2.62 bits per heavy atom. The fourth-order valence-electron chi connectivity index (χ4n) is 1.93. The quantitative estimate of drug-likeness (QED) is 0.442. The van der Waals surface area contributed by atoms with Gasteiger partial charge in [0.25, 0.3) is 0 Å². The molecule has 2 rings (SSSR count). The third kappa shape index (κ3) is 5.48. The van der Waals surface area contributed by atoms with Gasteiger partial charge in [-0.15, -0.1) is 35.3 Å². The first-order valence-electron chi connectivity index (χ1n) is 6.76. The maximum Gasteiger partial charge on any atom is 0.191 e. The van der Waals surface area contributed by atoms with E-state index < -0.39 is 0 Å². The van der Waals surface area contributed by atoms with Crippen molar-refractivity contribution in [3.8, 4) is 0 Å². The normalized spacial score (nSPS) is 16.8. The Morgan fingerprint density at radius 2 is 2.10 bits per heavy atom. The Hall–Kier alpha value is -0.220. The van der Waals surface area contributed by atoms with Crippen molar-refractivity contribution in [2.24, 2.45) is 10.7 Å². The molecular formula is C13H24IN5S2. The fourth-order valence-corrected chi connectivity index (χ4v) is 2.83. The molecule has 2 heterocycles. The minimum absolute atomic E-state index is 0. The molecule has 0 atom stereocenters. The molecule has 1 aliphatic heterocycles. The van der Waals surface area contributed by atoms with Crippen LogP contribution in [0.25, 0.3) is 0 Å². The lowest BCUT2D eigenvalue weighted by molar-refractivity contribution is 0.380. The van der Waals surface area contributed by atoms with Gasteiger partial charge < -0.3 is 15.5 Å². The highest BCUT2D eigenvalue weighted by Crippen LogP contribution is 2.21. The molecule has 0 saturated carbocycles. The summed E-state index contributed by atoms with van der Waals surface area (Å²) in [6.07, 6.45) is 3.96. The summed E-state index contributed by atoms with van der Waals surface area (Å²) >= 11 is 3.51. The molecule has 120 valence electrons. The van der Waals surface area contributed by atoms with Gasteiger partial charge in [-0.05, 0) is 20.1 Å². The van der Waals surface area contributed by atoms with E-state index in [1.54, 1.807) is 11.3 Å². The molecule has 8 heteroatoms. The highest BCUT2D eigenvalue weighted by atomic mass is 127. The number of anilines is 1. The zero-order valence-corrected chi connectivity index (χ0v) is 16.7. The Labute approximate surface area is 152 Å². The number of piperazine rings is 1. The maximum atomic E-state index is 6.11. The first-order chi connectivity index (χ1) is 9.52. The van der Waals surface area contributed by atoms with E-state index >= 15 is 0 Å². The van der Waals surface area contributed by atoms with Crippen LogP contribution in [0.1, 0.15) is 13.8 Å². The number of nitrogens with zero attached hydrogens (tertiary/aromatic N) is 4. The van der Waals surface area contributed by atoms with Crippen molar-refractivity contribution >= 4 is 58.2 Å². The van der Waals surface area contributed by atoms with E-state index in [0.29, 0.717) is 5.96 Å². The largest absolute Gasteiger partial charge is 0.370 e.